The molecule has 0 fully saturated rings. The van der Waals surface area contributed by atoms with Gasteiger partial charge in [0.15, 0.2) is 11.5 Å². The van der Waals surface area contributed by atoms with Gasteiger partial charge in [-0.15, -0.1) is 6.58 Å². The second-order valence-electron chi connectivity index (χ2n) is 9.13. The summed E-state index contributed by atoms with van der Waals surface area (Å²) < 4.78 is 16.9. The second kappa shape index (κ2) is 13.6. The molecule has 10 heteroatoms. The van der Waals surface area contributed by atoms with Gasteiger partial charge in [-0.2, -0.15) is 0 Å². The number of unbranched alkanes of at least 4 members (excludes halogenated alkanes) is 2. The average molecular weight is 519 g/mol. The van der Waals surface area contributed by atoms with Gasteiger partial charge >= 0.3 is 0 Å². The summed E-state index contributed by atoms with van der Waals surface area (Å²) in [6, 6.07) is 2.54. The zero-order valence-electron chi connectivity index (χ0n) is 21.5. The van der Waals surface area contributed by atoms with Crippen LogP contribution in [0.4, 0.5) is 0 Å². The molecular weight excluding hydrogens is 480 g/mol. The SMILES string of the molecule is C=CCCCCC(=O)N(CCOC)[C@@H]1C=C(C(=O)NCCO)[C@@H]2c3cc(CO)cc(OC)c3O[C@@H]2[C@H]1O. The van der Waals surface area contributed by atoms with E-state index < -0.39 is 30.1 Å². The summed E-state index contributed by atoms with van der Waals surface area (Å²) >= 11 is 0. The van der Waals surface area contributed by atoms with Gasteiger partial charge in [-0.3, -0.25) is 9.59 Å². The Kier molecular flexibility index (Phi) is 10.5. The molecule has 1 aliphatic carbocycles. The van der Waals surface area contributed by atoms with Crippen LogP contribution in [0, 0.1) is 0 Å². The zero-order chi connectivity index (χ0) is 26.9. The molecule has 1 aromatic carbocycles. The molecule has 1 aromatic rings. The fourth-order valence-corrected chi connectivity index (χ4v) is 4.96. The number of rotatable bonds is 14. The first-order valence-electron chi connectivity index (χ1n) is 12.6. The van der Waals surface area contributed by atoms with Crippen LogP contribution < -0.4 is 14.8 Å². The number of ether oxygens (including phenoxy) is 3. The van der Waals surface area contributed by atoms with Crippen LogP contribution in [-0.4, -0.2) is 90.8 Å². The van der Waals surface area contributed by atoms with Crippen molar-refractivity contribution in [3.63, 3.8) is 0 Å². The van der Waals surface area contributed by atoms with Crippen LogP contribution in [0.1, 0.15) is 42.7 Å². The molecule has 0 aromatic heterocycles. The van der Waals surface area contributed by atoms with E-state index in [1.54, 1.807) is 23.1 Å². The maximum Gasteiger partial charge on any atom is 0.247 e. The van der Waals surface area contributed by atoms with E-state index in [9.17, 15) is 24.9 Å². The van der Waals surface area contributed by atoms with Crippen molar-refractivity contribution in [3.8, 4) is 11.5 Å². The van der Waals surface area contributed by atoms with Gasteiger partial charge in [0, 0.05) is 37.8 Å². The number of nitrogens with zero attached hydrogens (tertiary/aromatic N) is 1. The molecule has 0 unspecified atom stereocenters. The number of hydrogen-bond acceptors (Lipinski definition) is 8. The lowest BCUT2D eigenvalue weighted by molar-refractivity contribution is -0.138. The van der Waals surface area contributed by atoms with Gasteiger partial charge in [0.05, 0.1) is 38.9 Å². The lowest BCUT2D eigenvalue weighted by Crippen LogP contribution is -2.56. The van der Waals surface area contributed by atoms with Gasteiger partial charge in [0.1, 0.15) is 12.2 Å². The molecule has 0 saturated heterocycles. The number of allylic oxidation sites excluding steroid dienone is 1. The van der Waals surface area contributed by atoms with Crippen molar-refractivity contribution >= 4 is 11.8 Å². The number of benzene rings is 1. The molecule has 4 atom stereocenters. The molecule has 4 N–H and O–H groups in total. The minimum Gasteiger partial charge on any atom is -0.493 e. The predicted octanol–water partition coefficient (Wildman–Crippen LogP) is 1.03. The Bertz CT molecular complexity index is 995. The monoisotopic (exact) mass is 518 g/mol. The Morgan fingerprint density at radius 1 is 1.24 bits per heavy atom. The van der Waals surface area contributed by atoms with Crippen molar-refractivity contribution in [2.24, 2.45) is 0 Å². The van der Waals surface area contributed by atoms with E-state index in [0.29, 0.717) is 34.6 Å². The summed E-state index contributed by atoms with van der Waals surface area (Å²) in [7, 11) is 3.01. The van der Waals surface area contributed by atoms with Crippen molar-refractivity contribution in [3.05, 3.63) is 47.6 Å². The smallest absolute Gasteiger partial charge is 0.247 e. The minimum absolute atomic E-state index is 0.0458. The van der Waals surface area contributed by atoms with Crippen molar-refractivity contribution in [2.45, 2.75) is 56.5 Å². The van der Waals surface area contributed by atoms with Crippen LogP contribution in [0.15, 0.2) is 36.4 Å². The van der Waals surface area contributed by atoms with E-state index in [0.717, 1.165) is 12.8 Å². The molecule has 10 nitrogen and oxygen atoms in total. The number of carbonyl (C=O) groups excluding carboxylic acids is 2. The number of fused-ring (bicyclic) bond motifs is 3. The topological polar surface area (TPSA) is 138 Å². The van der Waals surface area contributed by atoms with Crippen molar-refractivity contribution in [1.29, 1.82) is 0 Å². The van der Waals surface area contributed by atoms with Gasteiger partial charge in [0.25, 0.3) is 0 Å². The first kappa shape index (κ1) is 28.6. The molecule has 2 aliphatic rings. The first-order chi connectivity index (χ1) is 17.9. The summed E-state index contributed by atoms with van der Waals surface area (Å²) in [6.45, 7) is 3.75. The summed E-state index contributed by atoms with van der Waals surface area (Å²) in [5, 5.41) is 33.2. The van der Waals surface area contributed by atoms with Crippen LogP contribution >= 0.6 is 0 Å². The minimum atomic E-state index is -1.15. The molecule has 37 heavy (non-hydrogen) atoms. The van der Waals surface area contributed by atoms with E-state index in [-0.39, 0.29) is 45.2 Å². The number of nitrogens with one attached hydrogen (secondary N) is 1. The van der Waals surface area contributed by atoms with Crippen LogP contribution in [0.3, 0.4) is 0 Å². The molecule has 0 radical (unpaired) electrons. The third kappa shape index (κ3) is 6.32. The van der Waals surface area contributed by atoms with Crippen LogP contribution in [0.25, 0.3) is 0 Å². The molecule has 1 heterocycles. The maximum absolute atomic E-state index is 13.3. The molecule has 0 bridgehead atoms. The quantitative estimate of drug-likeness (QED) is 0.212. The van der Waals surface area contributed by atoms with E-state index in [1.807, 2.05) is 6.08 Å². The average Bonchev–Trinajstić information content (AvgIpc) is 3.30. The highest BCUT2D eigenvalue weighted by molar-refractivity contribution is 5.96. The first-order valence-corrected chi connectivity index (χ1v) is 12.6. The van der Waals surface area contributed by atoms with Crippen molar-refractivity contribution < 1.29 is 39.1 Å². The molecule has 204 valence electrons. The molecule has 0 spiro atoms. The van der Waals surface area contributed by atoms with Crippen molar-refractivity contribution in [2.75, 3.05) is 40.5 Å². The molecule has 0 saturated carbocycles. The van der Waals surface area contributed by atoms with E-state index in [4.69, 9.17) is 14.2 Å². The Balaban J connectivity index is 2.03. The zero-order valence-corrected chi connectivity index (χ0v) is 21.5. The lowest BCUT2D eigenvalue weighted by atomic mass is 9.77. The number of methoxy groups -OCH3 is 2. The highest BCUT2D eigenvalue weighted by Crippen LogP contribution is 2.51. The van der Waals surface area contributed by atoms with Crippen molar-refractivity contribution in [1.82, 2.24) is 10.2 Å². The van der Waals surface area contributed by atoms with E-state index >= 15 is 0 Å². The third-order valence-electron chi connectivity index (χ3n) is 6.76. The Labute approximate surface area is 217 Å². The highest BCUT2D eigenvalue weighted by atomic mass is 16.5. The van der Waals surface area contributed by atoms with Crippen LogP contribution in [0.2, 0.25) is 0 Å². The second-order valence-corrected chi connectivity index (χ2v) is 9.13. The molecule has 3 rings (SSSR count). The predicted molar refractivity (Wildman–Crippen MR) is 136 cm³/mol. The summed E-state index contributed by atoms with van der Waals surface area (Å²) in [5.74, 6) is -0.493. The fraction of sp³-hybridized carbons (Fsp3) is 0.556. The Morgan fingerprint density at radius 2 is 2.03 bits per heavy atom. The highest BCUT2D eigenvalue weighted by Gasteiger charge is 2.51. The van der Waals surface area contributed by atoms with Gasteiger partial charge < -0.3 is 39.7 Å². The summed E-state index contributed by atoms with van der Waals surface area (Å²) in [5.41, 5.74) is 1.49. The van der Waals surface area contributed by atoms with E-state index in [2.05, 4.69) is 11.9 Å². The third-order valence-corrected chi connectivity index (χ3v) is 6.76. The molecular formula is C27H38N2O8. The number of aliphatic hydroxyl groups is 3. The van der Waals surface area contributed by atoms with Gasteiger partial charge in [-0.1, -0.05) is 6.08 Å². The largest absolute Gasteiger partial charge is 0.493 e. The van der Waals surface area contributed by atoms with Gasteiger partial charge in [-0.05, 0) is 43.0 Å². The Morgan fingerprint density at radius 3 is 2.68 bits per heavy atom. The molecule has 2 amide bonds. The summed E-state index contributed by atoms with van der Waals surface area (Å²) in [6.07, 6.45) is 3.98. The van der Waals surface area contributed by atoms with Crippen LogP contribution in [-0.2, 0) is 20.9 Å². The van der Waals surface area contributed by atoms with E-state index in [1.165, 1.54) is 14.2 Å². The number of hydrogen-bond donors (Lipinski definition) is 4. The maximum atomic E-state index is 13.3. The standard InChI is InChI=1S/C27H38N2O8/c1-4-5-6-7-8-22(32)29(10-12-35-2)20-15-19(27(34)28-9-11-30)23-18-13-17(16-31)14-21(36-3)25(18)37-26(23)24(20)33/h4,13-15,20,23-24,26,30-31,33H,1,5-12,16H2,2-3H3,(H,28,34)/t20-,23+,24+,26+/m1/s1. The van der Waals surface area contributed by atoms with Gasteiger partial charge in [0.2, 0.25) is 11.8 Å². The number of aliphatic hydroxyl groups excluding tert-OH is 3. The van der Waals surface area contributed by atoms with Gasteiger partial charge in [-0.25, -0.2) is 0 Å². The fourth-order valence-electron chi connectivity index (χ4n) is 4.96. The summed E-state index contributed by atoms with van der Waals surface area (Å²) in [4.78, 5) is 28.1. The van der Waals surface area contributed by atoms with Crippen LogP contribution in [0.5, 0.6) is 11.5 Å². The number of amides is 2. The number of carbonyl (C=O) groups is 2. The Hall–Kier alpha value is -2.92. The normalized spacial score (nSPS) is 21.8. The lowest BCUT2D eigenvalue weighted by Gasteiger charge is -2.40. The molecule has 1 aliphatic heterocycles.